The zero-order valence-corrected chi connectivity index (χ0v) is 10.2. The van der Waals surface area contributed by atoms with E-state index in [-0.39, 0.29) is 5.82 Å². The fourth-order valence-corrected chi connectivity index (χ4v) is 2.46. The van der Waals surface area contributed by atoms with Gasteiger partial charge in [0.05, 0.1) is 17.2 Å². The number of hydrogen-bond acceptors (Lipinski definition) is 3. The molecular formula is C14H17FN2O. The Morgan fingerprint density at radius 2 is 2.11 bits per heavy atom. The maximum Gasteiger partial charge on any atom is 0.123 e. The van der Waals surface area contributed by atoms with Gasteiger partial charge in [0, 0.05) is 13.1 Å². The van der Waals surface area contributed by atoms with E-state index >= 15 is 0 Å². The van der Waals surface area contributed by atoms with Crippen LogP contribution in [-0.4, -0.2) is 17.3 Å². The molecule has 2 rings (SSSR count). The summed E-state index contributed by atoms with van der Waals surface area (Å²) >= 11 is 0. The third-order valence-corrected chi connectivity index (χ3v) is 3.49. The lowest BCUT2D eigenvalue weighted by Crippen LogP contribution is -2.37. The van der Waals surface area contributed by atoms with Gasteiger partial charge in [-0.15, -0.1) is 0 Å². The zero-order valence-electron chi connectivity index (χ0n) is 10.2. The summed E-state index contributed by atoms with van der Waals surface area (Å²) in [4.78, 5) is 0. The van der Waals surface area contributed by atoms with Crippen LogP contribution in [0.3, 0.4) is 0 Å². The van der Waals surface area contributed by atoms with Crippen LogP contribution in [0.15, 0.2) is 18.2 Å². The van der Waals surface area contributed by atoms with Crippen molar-refractivity contribution in [3.05, 3.63) is 35.1 Å². The minimum atomic E-state index is -0.625. The molecule has 2 N–H and O–H groups in total. The quantitative estimate of drug-likeness (QED) is 0.857. The van der Waals surface area contributed by atoms with Gasteiger partial charge in [0.15, 0.2) is 0 Å². The van der Waals surface area contributed by atoms with E-state index in [1.165, 1.54) is 18.2 Å². The Morgan fingerprint density at radius 3 is 2.78 bits per heavy atom. The van der Waals surface area contributed by atoms with Crippen LogP contribution in [0.5, 0.6) is 0 Å². The molecule has 0 saturated heterocycles. The van der Waals surface area contributed by atoms with E-state index in [9.17, 15) is 9.50 Å². The second-order valence-corrected chi connectivity index (χ2v) is 4.95. The summed E-state index contributed by atoms with van der Waals surface area (Å²) in [7, 11) is 0. The van der Waals surface area contributed by atoms with E-state index in [0.29, 0.717) is 24.2 Å². The number of aliphatic hydroxyl groups is 1. The summed E-state index contributed by atoms with van der Waals surface area (Å²) in [6.45, 7) is 0.900. The van der Waals surface area contributed by atoms with Crippen molar-refractivity contribution in [3.8, 4) is 6.07 Å². The predicted octanol–water partition coefficient (Wildman–Crippen LogP) is 2.09. The van der Waals surface area contributed by atoms with Crippen molar-refractivity contribution in [3.63, 3.8) is 0 Å². The van der Waals surface area contributed by atoms with Crippen LogP contribution in [0.1, 0.15) is 36.8 Å². The predicted molar refractivity (Wildman–Crippen MR) is 66.2 cm³/mol. The molecule has 0 bridgehead atoms. The topological polar surface area (TPSA) is 56.0 Å². The summed E-state index contributed by atoms with van der Waals surface area (Å²) in [5, 5.41) is 22.2. The average molecular weight is 248 g/mol. The van der Waals surface area contributed by atoms with Gasteiger partial charge in [0.1, 0.15) is 5.82 Å². The van der Waals surface area contributed by atoms with E-state index in [1.807, 2.05) is 6.07 Å². The molecule has 18 heavy (non-hydrogen) atoms. The lowest BCUT2D eigenvalue weighted by molar-refractivity contribution is 0.0475. The molecule has 4 heteroatoms. The summed E-state index contributed by atoms with van der Waals surface area (Å²) < 4.78 is 13.1. The largest absolute Gasteiger partial charge is 0.389 e. The van der Waals surface area contributed by atoms with Crippen molar-refractivity contribution >= 4 is 0 Å². The van der Waals surface area contributed by atoms with Gasteiger partial charge in [-0.2, -0.15) is 5.26 Å². The van der Waals surface area contributed by atoms with E-state index in [0.717, 1.165) is 25.7 Å². The molecule has 1 aliphatic carbocycles. The van der Waals surface area contributed by atoms with Crippen LogP contribution in [0.2, 0.25) is 0 Å². The summed E-state index contributed by atoms with van der Waals surface area (Å²) in [5.41, 5.74) is 0.488. The first-order valence-corrected chi connectivity index (χ1v) is 6.25. The zero-order chi connectivity index (χ0) is 13.0. The SMILES string of the molecule is N#Cc1ccc(F)cc1CNCC1(O)CCCC1. The second-order valence-electron chi connectivity index (χ2n) is 4.95. The van der Waals surface area contributed by atoms with Gasteiger partial charge in [-0.25, -0.2) is 4.39 Å². The van der Waals surface area contributed by atoms with Crippen LogP contribution in [-0.2, 0) is 6.54 Å². The van der Waals surface area contributed by atoms with E-state index < -0.39 is 5.60 Å². The van der Waals surface area contributed by atoms with Gasteiger partial charge in [-0.3, -0.25) is 0 Å². The third kappa shape index (κ3) is 3.06. The molecule has 1 fully saturated rings. The first-order valence-electron chi connectivity index (χ1n) is 6.25. The highest BCUT2D eigenvalue weighted by molar-refractivity contribution is 5.37. The Balaban J connectivity index is 1.94. The maximum absolute atomic E-state index is 13.1. The molecule has 0 aliphatic heterocycles. The molecule has 0 unspecified atom stereocenters. The van der Waals surface area contributed by atoms with Gasteiger partial charge in [0.25, 0.3) is 0 Å². The Morgan fingerprint density at radius 1 is 1.39 bits per heavy atom. The van der Waals surface area contributed by atoms with Crippen LogP contribution >= 0.6 is 0 Å². The first kappa shape index (κ1) is 13.0. The molecule has 0 aromatic heterocycles. The van der Waals surface area contributed by atoms with Crippen LogP contribution in [0, 0.1) is 17.1 Å². The smallest absolute Gasteiger partial charge is 0.123 e. The molecule has 96 valence electrons. The highest BCUT2D eigenvalue weighted by Gasteiger charge is 2.30. The van der Waals surface area contributed by atoms with Crippen molar-refractivity contribution < 1.29 is 9.50 Å². The highest BCUT2D eigenvalue weighted by Crippen LogP contribution is 2.28. The van der Waals surface area contributed by atoms with Gasteiger partial charge < -0.3 is 10.4 Å². The molecule has 3 nitrogen and oxygen atoms in total. The van der Waals surface area contributed by atoms with Crippen LogP contribution < -0.4 is 5.32 Å². The Kier molecular flexibility index (Phi) is 3.95. The number of nitriles is 1. The van der Waals surface area contributed by atoms with Gasteiger partial charge in [0.2, 0.25) is 0 Å². The minimum Gasteiger partial charge on any atom is -0.389 e. The normalized spacial score (nSPS) is 17.6. The average Bonchev–Trinajstić information content (AvgIpc) is 2.77. The number of nitrogens with zero attached hydrogens (tertiary/aromatic N) is 1. The molecule has 1 aromatic carbocycles. The fourth-order valence-electron chi connectivity index (χ4n) is 2.46. The second kappa shape index (κ2) is 5.47. The Bertz CT molecular complexity index is 461. The fraction of sp³-hybridized carbons (Fsp3) is 0.500. The highest BCUT2D eigenvalue weighted by atomic mass is 19.1. The maximum atomic E-state index is 13.1. The summed E-state index contributed by atoms with van der Waals surface area (Å²) in [6, 6.07) is 6.17. The molecule has 1 aromatic rings. The molecular weight excluding hydrogens is 231 g/mol. The van der Waals surface area contributed by atoms with Crippen LogP contribution in [0.25, 0.3) is 0 Å². The van der Waals surface area contributed by atoms with Gasteiger partial charge in [-0.1, -0.05) is 12.8 Å². The van der Waals surface area contributed by atoms with Crippen molar-refractivity contribution in [2.24, 2.45) is 0 Å². The molecule has 0 heterocycles. The number of benzene rings is 1. The van der Waals surface area contributed by atoms with Gasteiger partial charge in [-0.05, 0) is 36.6 Å². The number of halogens is 1. The molecule has 1 aliphatic rings. The Labute approximate surface area is 106 Å². The number of rotatable bonds is 4. The molecule has 0 amide bonds. The van der Waals surface area contributed by atoms with E-state index in [1.54, 1.807) is 0 Å². The standard InChI is InChI=1S/C14H17FN2O/c15-13-4-3-11(8-16)12(7-13)9-17-10-14(18)5-1-2-6-14/h3-4,7,17-18H,1-2,5-6,9-10H2. The van der Waals surface area contributed by atoms with Crippen LogP contribution in [0.4, 0.5) is 4.39 Å². The Hall–Kier alpha value is -1.44. The minimum absolute atomic E-state index is 0.342. The number of nitrogens with one attached hydrogen (secondary N) is 1. The monoisotopic (exact) mass is 248 g/mol. The van der Waals surface area contributed by atoms with E-state index in [4.69, 9.17) is 5.26 Å². The van der Waals surface area contributed by atoms with Gasteiger partial charge >= 0.3 is 0 Å². The molecule has 0 atom stereocenters. The van der Waals surface area contributed by atoms with Crippen molar-refractivity contribution in [1.29, 1.82) is 5.26 Å². The first-order chi connectivity index (χ1) is 8.63. The van der Waals surface area contributed by atoms with E-state index in [2.05, 4.69) is 5.32 Å². The molecule has 1 saturated carbocycles. The molecule has 0 spiro atoms. The number of hydrogen-bond donors (Lipinski definition) is 2. The molecule has 0 radical (unpaired) electrons. The summed E-state index contributed by atoms with van der Waals surface area (Å²) in [5.74, 6) is -0.342. The van der Waals surface area contributed by atoms with Crippen molar-refractivity contribution in [2.75, 3.05) is 6.54 Å². The summed E-state index contributed by atoms with van der Waals surface area (Å²) in [6.07, 6.45) is 3.74. The van der Waals surface area contributed by atoms with Crippen molar-refractivity contribution in [1.82, 2.24) is 5.32 Å². The lowest BCUT2D eigenvalue weighted by atomic mass is 10.0. The van der Waals surface area contributed by atoms with Crippen molar-refractivity contribution in [2.45, 2.75) is 37.8 Å². The lowest BCUT2D eigenvalue weighted by Gasteiger charge is -2.22. The third-order valence-electron chi connectivity index (χ3n) is 3.49.